The first-order chi connectivity index (χ1) is 23.8. The molecule has 1 aromatic heterocycles. The lowest BCUT2D eigenvalue weighted by Gasteiger charge is -2.26. The van der Waals surface area contributed by atoms with Crippen molar-refractivity contribution in [2.75, 3.05) is 4.90 Å². The Bertz CT molecular complexity index is 2400. The molecular formula is C45H30N2S. The molecule has 0 saturated carbocycles. The number of hydrogen-bond donors (Lipinski definition) is 0. The smallest absolute Gasteiger partial charge is 0.124 e. The minimum absolute atomic E-state index is 1.03. The van der Waals surface area contributed by atoms with Gasteiger partial charge in [-0.15, -0.1) is 11.3 Å². The summed E-state index contributed by atoms with van der Waals surface area (Å²) < 4.78 is 1.24. The van der Waals surface area contributed by atoms with E-state index in [0.717, 1.165) is 33.1 Å². The third-order valence-electron chi connectivity index (χ3n) is 9.07. The van der Waals surface area contributed by atoms with E-state index < -0.39 is 0 Å². The van der Waals surface area contributed by atoms with Crippen LogP contribution in [0.3, 0.4) is 0 Å². The van der Waals surface area contributed by atoms with E-state index in [1.165, 1.54) is 48.5 Å². The zero-order valence-corrected chi connectivity index (χ0v) is 26.9. The standard InChI is InChI=1S/C45H30N2S/c1-3-13-31(14-4-1)34-17-11-19-37(29-34)47(38-20-12-18-35(30-38)32-15-5-2-6-16-32)36-27-25-33(26-28-36)45-46-43-41-23-9-7-21-39(41)40-22-8-10-24-42(40)44(43)48-45/h1-30H. The maximum Gasteiger partial charge on any atom is 0.124 e. The van der Waals surface area contributed by atoms with Crippen LogP contribution in [0.15, 0.2) is 182 Å². The summed E-state index contributed by atoms with van der Waals surface area (Å²) in [6.45, 7) is 0. The molecule has 0 aliphatic rings. The van der Waals surface area contributed by atoms with Crippen molar-refractivity contribution in [2.24, 2.45) is 0 Å². The van der Waals surface area contributed by atoms with Gasteiger partial charge in [-0.25, -0.2) is 4.98 Å². The Morgan fingerprint density at radius 1 is 0.354 bits per heavy atom. The van der Waals surface area contributed by atoms with Crippen LogP contribution in [0.1, 0.15) is 0 Å². The van der Waals surface area contributed by atoms with Crippen molar-refractivity contribution in [3.8, 4) is 32.8 Å². The molecule has 0 unspecified atom stereocenters. The molecule has 9 rings (SSSR count). The quantitative estimate of drug-likeness (QED) is 0.170. The van der Waals surface area contributed by atoms with Gasteiger partial charge in [0.2, 0.25) is 0 Å². The Kier molecular flexibility index (Phi) is 7.03. The van der Waals surface area contributed by atoms with Gasteiger partial charge in [0.05, 0.1) is 10.2 Å². The summed E-state index contributed by atoms with van der Waals surface area (Å²) in [6.07, 6.45) is 0. The van der Waals surface area contributed by atoms with E-state index in [2.05, 4.69) is 187 Å². The Hall–Kier alpha value is -6.03. The molecule has 8 aromatic carbocycles. The molecule has 0 amide bonds. The molecule has 0 N–H and O–H groups in total. The molecule has 0 spiro atoms. The van der Waals surface area contributed by atoms with Gasteiger partial charge in [-0.1, -0.05) is 133 Å². The van der Waals surface area contributed by atoms with Crippen LogP contribution in [-0.4, -0.2) is 4.98 Å². The van der Waals surface area contributed by atoms with Crippen LogP contribution in [0.4, 0.5) is 17.1 Å². The first-order valence-corrected chi connectivity index (χ1v) is 17.0. The SMILES string of the molecule is c1ccc(-c2cccc(N(c3ccc(-c4nc5c6ccccc6c6ccccc6c5s4)cc3)c3cccc(-c4ccccc4)c3)c2)cc1. The first kappa shape index (κ1) is 28.2. The highest BCUT2D eigenvalue weighted by Crippen LogP contribution is 2.42. The summed E-state index contributed by atoms with van der Waals surface area (Å²) in [5, 5.41) is 6.01. The third-order valence-corrected chi connectivity index (χ3v) is 10.2. The van der Waals surface area contributed by atoms with Crippen LogP contribution in [0.25, 0.3) is 64.6 Å². The number of hydrogen-bond acceptors (Lipinski definition) is 3. The highest BCUT2D eigenvalue weighted by Gasteiger charge is 2.17. The average molecular weight is 631 g/mol. The van der Waals surface area contributed by atoms with Gasteiger partial charge in [0.15, 0.2) is 0 Å². The average Bonchev–Trinajstić information content (AvgIpc) is 3.63. The van der Waals surface area contributed by atoms with Crippen LogP contribution >= 0.6 is 11.3 Å². The van der Waals surface area contributed by atoms with E-state index in [-0.39, 0.29) is 0 Å². The second-order valence-electron chi connectivity index (χ2n) is 12.0. The number of aromatic nitrogens is 1. The maximum atomic E-state index is 5.25. The van der Waals surface area contributed by atoms with Crippen LogP contribution in [-0.2, 0) is 0 Å². The molecule has 9 aromatic rings. The normalized spacial score (nSPS) is 11.3. The van der Waals surface area contributed by atoms with Crippen molar-refractivity contribution in [2.45, 2.75) is 0 Å². The largest absolute Gasteiger partial charge is 0.310 e. The topological polar surface area (TPSA) is 16.1 Å². The van der Waals surface area contributed by atoms with E-state index in [0.29, 0.717) is 0 Å². The molecule has 0 aliphatic carbocycles. The fourth-order valence-electron chi connectivity index (χ4n) is 6.76. The summed E-state index contributed by atoms with van der Waals surface area (Å²) in [5.41, 5.74) is 10.2. The van der Waals surface area contributed by atoms with Crippen molar-refractivity contribution in [3.05, 3.63) is 182 Å². The molecule has 48 heavy (non-hydrogen) atoms. The Balaban J connectivity index is 1.17. The molecule has 226 valence electrons. The lowest BCUT2D eigenvalue weighted by atomic mass is 10.0. The Labute approximate surface area is 283 Å². The second-order valence-corrected chi connectivity index (χ2v) is 13.0. The molecule has 0 aliphatic heterocycles. The number of anilines is 3. The second kappa shape index (κ2) is 12.0. The van der Waals surface area contributed by atoms with Gasteiger partial charge in [-0.05, 0) is 81.6 Å². The molecule has 2 nitrogen and oxygen atoms in total. The zero-order valence-electron chi connectivity index (χ0n) is 26.1. The van der Waals surface area contributed by atoms with Crippen LogP contribution in [0, 0.1) is 0 Å². The minimum Gasteiger partial charge on any atom is -0.310 e. The molecule has 0 atom stereocenters. The number of nitrogens with zero attached hydrogens (tertiary/aromatic N) is 2. The van der Waals surface area contributed by atoms with Gasteiger partial charge in [0.25, 0.3) is 0 Å². The van der Waals surface area contributed by atoms with Crippen molar-refractivity contribution in [1.82, 2.24) is 4.98 Å². The van der Waals surface area contributed by atoms with Gasteiger partial charge in [0, 0.05) is 33.4 Å². The van der Waals surface area contributed by atoms with E-state index in [1.807, 2.05) is 0 Å². The van der Waals surface area contributed by atoms with Gasteiger partial charge < -0.3 is 4.90 Å². The van der Waals surface area contributed by atoms with E-state index in [1.54, 1.807) is 11.3 Å². The van der Waals surface area contributed by atoms with E-state index >= 15 is 0 Å². The predicted molar refractivity (Wildman–Crippen MR) is 206 cm³/mol. The fraction of sp³-hybridized carbons (Fsp3) is 0. The first-order valence-electron chi connectivity index (χ1n) is 16.2. The molecule has 0 bridgehead atoms. The summed E-state index contributed by atoms with van der Waals surface area (Å²) in [4.78, 5) is 7.60. The lowest BCUT2D eigenvalue weighted by Crippen LogP contribution is -2.10. The fourth-order valence-corrected chi connectivity index (χ4v) is 7.88. The van der Waals surface area contributed by atoms with Crippen LogP contribution < -0.4 is 4.90 Å². The van der Waals surface area contributed by atoms with Crippen LogP contribution in [0.2, 0.25) is 0 Å². The minimum atomic E-state index is 1.03. The molecule has 0 saturated heterocycles. The van der Waals surface area contributed by atoms with E-state index in [9.17, 15) is 0 Å². The van der Waals surface area contributed by atoms with Crippen molar-refractivity contribution in [3.63, 3.8) is 0 Å². The number of fused-ring (bicyclic) bond motifs is 6. The number of benzene rings is 8. The highest BCUT2D eigenvalue weighted by atomic mass is 32.1. The zero-order chi connectivity index (χ0) is 31.9. The molecular weight excluding hydrogens is 601 g/mol. The molecule has 1 heterocycles. The Morgan fingerprint density at radius 2 is 0.833 bits per heavy atom. The summed E-state index contributed by atoms with van der Waals surface area (Å²) >= 11 is 1.78. The predicted octanol–water partition coefficient (Wildman–Crippen LogP) is 13.1. The van der Waals surface area contributed by atoms with Crippen molar-refractivity contribution >= 4 is 60.2 Å². The van der Waals surface area contributed by atoms with Gasteiger partial charge in [-0.2, -0.15) is 0 Å². The maximum absolute atomic E-state index is 5.25. The molecule has 3 heteroatoms. The van der Waals surface area contributed by atoms with Crippen molar-refractivity contribution in [1.29, 1.82) is 0 Å². The van der Waals surface area contributed by atoms with Gasteiger partial charge in [-0.3, -0.25) is 0 Å². The van der Waals surface area contributed by atoms with Gasteiger partial charge in [0.1, 0.15) is 5.01 Å². The Morgan fingerprint density at radius 3 is 1.42 bits per heavy atom. The van der Waals surface area contributed by atoms with Crippen molar-refractivity contribution < 1.29 is 0 Å². The number of rotatable bonds is 6. The lowest BCUT2D eigenvalue weighted by molar-refractivity contribution is 1.28. The summed E-state index contributed by atoms with van der Waals surface area (Å²) in [7, 11) is 0. The summed E-state index contributed by atoms with van der Waals surface area (Å²) in [5.74, 6) is 0. The molecule has 0 fully saturated rings. The monoisotopic (exact) mass is 630 g/mol. The van der Waals surface area contributed by atoms with E-state index in [4.69, 9.17) is 4.98 Å². The number of thiazole rings is 1. The highest BCUT2D eigenvalue weighted by molar-refractivity contribution is 7.22. The third kappa shape index (κ3) is 5.02. The van der Waals surface area contributed by atoms with Gasteiger partial charge >= 0.3 is 0 Å². The summed E-state index contributed by atoms with van der Waals surface area (Å²) in [6, 6.07) is 65.0. The van der Waals surface area contributed by atoms with Crippen LogP contribution in [0.5, 0.6) is 0 Å². The molecule has 0 radical (unpaired) electrons.